The highest BCUT2D eigenvalue weighted by Gasteiger charge is 2.03. The van der Waals surface area contributed by atoms with E-state index >= 15 is 0 Å². The molecule has 98 valence electrons. The number of aryl methyl sites for hydroxylation is 1. The van der Waals surface area contributed by atoms with Crippen LogP contribution in [0.25, 0.3) is 0 Å². The average Bonchev–Trinajstić information content (AvgIpc) is 2.95. The Morgan fingerprint density at radius 3 is 3.11 bits per heavy atom. The van der Waals surface area contributed by atoms with Gasteiger partial charge in [-0.1, -0.05) is 0 Å². The summed E-state index contributed by atoms with van der Waals surface area (Å²) in [7, 11) is 1.69. The maximum Gasteiger partial charge on any atom is 0.164 e. The monoisotopic (exact) mass is 267 g/mol. The molecule has 6 nitrogen and oxygen atoms in total. The molecule has 0 aromatic carbocycles. The molecule has 2 heterocycles. The zero-order valence-electron chi connectivity index (χ0n) is 10.6. The lowest BCUT2D eigenvalue weighted by Crippen LogP contribution is -2.19. The van der Waals surface area contributed by atoms with Crippen molar-refractivity contribution in [3.8, 4) is 0 Å². The average molecular weight is 267 g/mol. The van der Waals surface area contributed by atoms with Crippen LogP contribution < -0.4 is 5.32 Å². The minimum atomic E-state index is 0.659. The third-order valence-electron chi connectivity index (χ3n) is 2.34. The third-order valence-corrected chi connectivity index (χ3v) is 3.16. The molecule has 2 rings (SSSR count). The molecular formula is C11H17N5OS. The van der Waals surface area contributed by atoms with Gasteiger partial charge in [-0.05, 0) is 6.92 Å². The first-order valence-corrected chi connectivity index (χ1v) is 6.65. The van der Waals surface area contributed by atoms with Gasteiger partial charge >= 0.3 is 0 Å². The van der Waals surface area contributed by atoms with Crippen LogP contribution in [0.1, 0.15) is 16.5 Å². The first-order chi connectivity index (χ1) is 8.78. The minimum absolute atomic E-state index is 0.659. The van der Waals surface area contributed by atoms with Gasteiger partial charge in [-0.2, -0.15) is 5.10 Å². The predicted octanol–water partition coefficient (Wildman–Crippen LogP) is 0.827. The Labute approximate surface area is 110 Å². The Hall–Kier alpha value is -1.31. The molecule has 0 unspecified atom stereocenters. The number of hydrogen-bond acceptors (Lipinski definition) is 6. The normalized spacial score (nSPS) is 11.0. The summed E-state index contributed by atoms with van der Waals surface area (Å²) in [6.45, 7) is 4.83. The standard InChI is InChI=1S/C11H17N5OS/c1-9-14-10(7-18-9)6-16-8-13-11(15-16)5-12-3-4-17-2/h7-8,12H,3-6H2,1-2H3. The molecule has 0 aliphatic rings. The molecule has 7 heteroatoms. The predicted molar refractivity (Wildman–Crippen MR) is 69.6 cm³/mol. The summed E-state index contributed by atoms with van der Waals surface area (Å²) in [5.74, 6) is 0.790. The molecule has 0 fully saturated rings. The van der Waals surface area contributed by atoms with Gasteiger partial charge in [0.1, 0.15) is 6.33 Å². The molecule has 0 amide bonds. The van der Waals surface area contributed by atoms with Crippen molar-refractivity contribution < 1.29 is 4.74 Å². The largest absolute Gasteiger partial charge is 0.383 e. The second-order valence-electron chi connectivity index (χ2n) is 3.89. The highest BCUT2D eigenvalue weighted by molar-refractivity contribution is 7.09. The Morgan fingerprint density at radius 2 is 2.39 bits per heavy atom. The summed E-state index contributed by atoms with van der Waals surface area (Å²) in [6, 6.07) is 0. The van der Waals surface area contributed by atoms with Crippen molar-refractivity contribution in [1.29, 1.82) is 0 Å². The molecule has 0 saturated heterocycles. The van der Waals surface area contributed by atoms with Crippen LogP contribution in [0, 0.1) is 6.92 Å². The fourth-order valence-corrected chi connectivity index (χ4v) is 2.12. The van der Waals surface area contributed by atoms with Gasteiger partial charge < -0.3 is 10.1 Å². The van der Waals surface area contributed by atoms with Crippen molar-refractivity contribution in [2.75, 3.05) is 20.3 Å². The van der Waals surface area contributed by atoms with Crippen LogP contribution in [-0.2, 0) is 17.8 Å². The smallest absolute Gasteiger partial charge is 0.164 e. The van der Waals surface area contributed by atoms with Crippen molar-refractivity contribution >= 4 is 11.3 Å². The van der Waals surface area contributed by atoms with E-state index in [2.05, 4.69) is 20.4 Å². The number of aromatic nitrogens is 4. The van der Waals surface area contributed by atoms with E-state index in [0.29, 0.717) is 19.7 Å². The first kappa shape index (κ1) is 13.1. The minimum Gasteiger partial charge on any atom is -0.383 e. The van der Waals surface area contributed by atoms with Gasteiger partial charge in [0.25, 0.3) is 0 Å². The SMILES string of the molecule is COCCNCc1ncn(Cc2csc(C)n2)n1. The van der Waals surface area contributed by atoms with E-state index in [4.69, 9.17) is 4.74 Å². The summed E-state index contributed by atoms with van der Waals surface area (Å²) < 4.78 is 6.76. The van der Waals surface area contributed by atoms with Crippen LogP contribution in [0.3, 0.4) is 0 Å². The van der Waals surface area contributed by atoms with Crippen molar-refractivity contribution in [2.45, 2.75) is 20.0 Å². The summed E-state index contributed by atoms with van der Waals surface area (Å²) >= 11 is 1.65. The van der Waals surface area contributed by atoms with Crippen molar-refractivity contribution in [3.05, 3.63) is 28.2 Å². The van der Waals surface area contributed by atoms with Gasteiger partial charge in [-0.25, -0.2) is 14.6 Å². The summed E-state index contributed by atoms with van der Waals surface area (Å²) in [6.07, 6.45) is 1.74. The Balaban J connectivity index is 1.82. The van der Waals surface area contributed by atoms with E-state index in [1.165, 1.54) is 0 Å². The molecule has 18 heavy (non-hydrogen) atoms. The van der Waals surface area contributed by atoms with Gasteiger partial charge in [0.15, 0.2) is 5.82 Å². The van der Waals surface area contributed by atoms with Gasteiger partial charge in [0.05, 0.1) is 30.4 Å². The van der Waals surface area contributed by atoms with Crippen LogP contribution in [0.4, 0.5) is 0 Å². The van der Waals surface area contributed by atoms with E-state index in [1.807, 2.05) is 17.0 Å². The lowest BCUT2D eigenvalue weighted by atomic mass is 10.5. The summed E-state index contributed by atoms with van der Waals surface area (Å²) in [5.41, 5.74) is 1.03. The number of nitrogens with one attached hydrogen (secondary N) is 1. The van der Waals surface area contributed by atoms with E-state index in [1.54, 1.807) is 24.8 Å². The molecule has 0 radical (unpaired) electrons. The van der Waals surface area contributed by atoms with Crippen molar-refractivity contribution in [2.24, 2.45) is 0 Å². The second kappa shape index (κ2) is 6.58. The molecule has 0 spiro atoms. The fourth-order valence-electron chi connectivity index (χ4n) is 1.51. The summed E-state index contributed by atoms with van der Waals surface area (Å²) in [4.78, 5) is 8.64. The lowest BCUT2D eigenvalue weighted by molar-refractivity contribution is 0.199. The lowest BCUT2D eigenvalue weighted by Gasteiger charge is -2.00. The van der Waals surface area contributed by atoms with Gasteiger partial charge in [-0.15, -0.1) is 11.3 Å². The highest BCUT2D eigenvalue weighted by atomic mass is 32.1. The zero-order valence-corrected chi connectivity index (χ0v) is 11.4. The van der Waals surface area contributed by atoms with Gasteiger partial charge in [0.2, 0.25) is 0 Å². The Bertz CT molecular complexity index is 481. The van der Waals surface area contributed by atoms with Crippen molar-refractivity contribution in [1.82, 2.24) is 25.1 Å². The van der Waals surface area contributed by atoms with E-state index in [9.17, 15) is 0 Å². The van der Waals surface area contributed by atoms with Crippen LogP contribution in [0.2, 0.25) is 0 Å². The fraction of sp³-hybridized carbons (Fsp3) is 0.545. The molecule has 0 bridgehead atoms. The van der Waals surface area contributed by atoms with Crippen LogP contribution in [0.5, 0.6) is 0 Å². The number of rotatable bonds is 7. The molecule has 0 aliphatic carbocycles. The molecule has 1 N–H and O–H groups in total. The van der Waals surface area contributed by atoms with Gasteiger partial charge in [0, 0.05) is 19.0 Å². The van der Waals surface area contributed by atoms with E-state index < -0.39 is 0 Å². The summed E-state index contributed by atoms with van der Waals surface area (Å²) in [5, 5.41) is 10.7. The second-order valence-corrected chi connectivity index (χ2v) is 4.95. The third kappa shape index (κ3) is 3.86. The molecular weight excluding hydrogens is 250 g/mol. The van der Waals surface area contributed by atoms with Gasteiger partial charge in [-0.3, -0.25) is 0 Å². The Kier molecular flexibility index (Phi) is 4.80. The molecule has 0 saturated carbocycles. The maximum atomic E-state index is 4.95. The Morgan fingerprint density at radius 1 is 1.50 bits per heavy atom. The highest BCUT2D eigenvalue weighted by Crippen LogP contribution is 2.08. The molecule has 2 aromatic rings. The number of hydrogen-bond donors (Lipinski definition) is 1. The quantitative estimate of drug-likeness (QED) is 0.753. The number of thiazole rings is 1. The topological polar surface area (TPSA) is 64.9 Å². The zero-order chi connectivity index (χ0) is 12.8. The molecule has 0 atom stereocenters. The van der Waals surface area contributed by atoms with Crippen LogP contribution >= 0.6 is 11.3 Å². The maximum absolute atomic E-state index is 4.95. The van der Waals surface area contributed by atoms with Crippen molar-refractivity contribution in [3.63, 3.8) is 0 Å². The van der Waals surface area contributed by atoms with Crippen LogP contribution in [0.15, 0.2) is 11.7 Å². The van der Waals surface area contributed by atoms with Crippen LogP contribution in [-0.4, -0.2) is 40.0 Å². The van der Waals surface area contributed by atoms with E-state index in [0.717, 1.165) is 23.1 Å². The molecule has 0 aliphatic heterocycles. The first-order valence-electron chi connectivity index (χ1n) is 5.77. The number of methoxy groups -OCH3 is 1. The van der Waals surface area contributed by atoms with E-state index in [-0.39, 0.29) is 0 Å². The number of nitrogens with zero attached hydrogens (tertiary/aromatic N) is 4. The number of ether oxygens (including phenoxy) is 1. The molecule has 2 aromatic heterocycles.